The van der Waals surface area contributed by atoms with Gasteiger partial charge < -0.3 is 15.3 Å². The molecule has 17 heavy (non-hydrogen) atoms. The lowest BCUT2D eigenvalue weighted by molar-refractivity contribution is -0.141. The molecule has 0 spiro atoms. The van der Waals surface area contributed by atoms with E-state index in [1.165, 1.54) is 4.90 Å². The van der Waals surface area contributed by atoms with Gasteiger partial charge in [-0.15, -0.1) is 18.2 Å². The number of aliphatic carboxylic acids is 1. The van der Waals surface area contributed by atoms with Gasteiger partial charge in [0.2, 0.25) is 0 Å². The third kappa shape index (κ3) is 4.19. The number of hydrogen-bond donors (Lipinski definition) is 2. The Kier molecular flexibility index (Phi) is 5.70. The average molecular weight is 256 g/mol. The molecule has 1 aliphatic rings. The Balaban J connectivity index is 2.27. The van der Waals surface area contributed by atoms with Crippen LogP contribution < -0.4 is 5.32 Å². The van der Waals surface area contributed by atoms with Crippen LogP contribution in [-0.2, 0) is 4.79 Å². The molecule has 1 unspecified atom stereocenters. The van der Waals surface area contributed by atoms with E-state index in [0.29, 0.717) is 25.3 Å². The number of carboxylic acid groups (broad SMARTS) is 1. The number of urea groups is 1. The molecule has 2 amide bonds. The summed E-state index contributed by atoms with van der Waals surface area (Å²) < 4.78 is 0. The van der Waals surface area contributed by atoms with Gasteiger partial charge in [0.05, 0.1) is 5.75 Å². The number of likely N-dealkylation sites (tertiary alicyclic amines) is 1. The van der Waals surface area contributed by atoms with Gasteiger partial charge in [-0.05, 0) is 12.8 Å². The summed E-state index contributed by atoms with van der Waals surface area (Å²) in [7, 11) is 0. The molecular weight excluding hydrogens is 240 g/mol. The van der Waals surface area contributed by atoms with Crippen molar-refractivity contribution in [3.8, 4) is 12.3 Å². The number of amides is 2. The molecule has 0 aliphatic carbocycles. The van der Waals surface area contributed by atoms with Crippen LogP contribution in [0.5, 0.6) is 0 Å². The van der Waals surface area contributed by atoms with E-state index in [2.05, 4.69) is 11.2 Å². The summed E-state index contributed by atoms with van der Waals surface area (Å²) in [6, 6.07) is -0.968. The van der Waals surface area contributed by atoms with Crippen molar-refractivity contribution in [3.63, 3.8) is 0 Å². The zero-order valence-electron chi connectivity index (χ0n) is 9.52. The normalized spacial score (nSPS) is 18.8. The van der Waals surface area contributed by atoms with Crippen LogP contribution in [0, 0.1) is 12.3 Å². The summed E-state index contributed by atoms with van der Waals surface area (Å²) in [6.07, 6.45) is 6.37. The van der Waals surface area contributed by atoms with Crippen LogP contribution in [0.3, 0.4) is 0 Å². The fraction of sp³-hybridized carbons (Fsp3) is 0.636. The Morgan fingerprint density at radius 2 is 2.35 bits per heavy atom. The summed E-state index contributed by atoms with van der Waals surface area (Å²) >= 11 is 1.56. The van der Waals surface area contributed by atoms with Crippen LogP contribution in [0.2, 0.25) is 0 Å². The van der Waals surface area contributed by atoms with Crippen molar-refractivity contribution in [3.05, 3.63) is 0 Å². The van der Waals surface area contributed by atoms with Crippen molar-refractivity contribution in [2.24, 2.45) is 0 Å². The van der Waals surface area contributed by atoms with Crippen LogP contribution in [0.25, 0.3) is 0 Å². The predicted octanol–water partition coefficient (Wildman–Crippen LogP) is 0.611. The number of rotatable bonds is 5. The van der Waals surface area contributed by atoms with E-state index in [0.717, 1.165) is 12.2 Å². The van der Waals surface area contributed by atoms with E-state index >= 15 is 0 Å². The van der Waals surface area contributed by atoms with E-state index < -0.39 is 12.0 Å². The second-order valence-electron chi connectivity index (χ2n) is 3.68. The Labute approximate surface area is 105 Å². The first-order valence-electron chi connectivity index (χ1n) is 5.45. The lowest BCUT2D eigenvalue weighted by atomic mass is 10.2. The average Bonchev–Trinajstić information content (AvgIpc) is 2.77. The van der Waals surface area contributed by atoms with Gasteiger partial charge in [-0.1, -0.05) is 5.92 Å². The molecule has 2 N–H and O–H groups in total. The largest absolute Gasteiger partial charge is 0.480 e. The van der Waals surface area contributed by atoms with E-state index in [-0.39, 0.29) is 6.03 Å². The lowest BCUT2D eigenvalue weighted by Crippen LogP contribution is -2.46. The van der Waals surface area contributed by atoms with E-state index in [9.17, 15) is 9.59 Å². The van der Waals surface area contributed by atoms with Gasteiger partial charge in [-0.3, -0.25) is 0 Å². The van der Waals surface area contributed by atoms with Gasteiger partial charge in [0, 0.05) is 18.8 Å². The summed E-state index contributed by atoms with van der Waals surface area (Å²) in [4.78, 5) is 24.0. The first-order valence-corrected chi connectivity index (χ1v) is 6.60. The monoisotopic (exact) mass is 256 g/mol. The first kappa shape index (κ1) is 13.7. The first-order chi connectivity index (χ1) is 8.16. The van der Waals surface area contributed by atoms with Crippen LogP contribution in [0.4, 0.5) is 4.79 Å². The van der Waals surface area contributed by atoms with Gasteiger partial charge in [0.15, 0.2) is 0 Å². The molecule has 1 rings (SSSR count). The molecule has 0 aromatic rings. The number of nitrogens with zero attached hydrogens (tertiary/aromatic N) is 1. The van der Waals surface area contributed by atoms with Crippen molar-refractivity contribution in [1.29, 1.82) is 0 Å². The maximum atomic E-state index is 11.7. The molecule has 0 radical (unpaired) electrons. The van der Waals surface area contributed by atoms with Crippen molar-refractivity contribution in [1.82, 2.24) is 10.2 Å². The third-order valence-electron chi connectivity index (χ3n) is 2.51. The van der Waals surface area contributed by atoms with E-state index in [1.54, 1.807) is 11.8 Å². The highest BCUT2D eigenvalue weighted by Crippen LogP contribution is 2.17. The number of carbonyl (C=O) groups is 2. The highest BCUT2D eigenvalue weighted by atomic mass is 32.2. The van der Waals surface area contributed by atoms with Gasteiger partial charge >= 0.3 is 12.0 Å². The number of terminal acetylenes is 1. The van der Waals surface area contributed by atoms with Crippen LogP contribution in [0.1, 0.15) is 12.8 Å². The zero-order chi connectivity index (χ0) is 12.7. The SMILES string of the molecule is C#CCSCCNC(=O)N1CCCC1C(=O)O. The maximum absolute atomic E-state index is 11.7. The predicted molar refractivity (Wildman–Crippen MR) is 66.9 cm³/mol. The Bertz CT molecular complexity index is 327. The molecule has 1 aliphatic heterocycles. The smallest absolute Gasteiger partial charge is 0.326 e. The van der Waals surface area contributed by atoms with Crippen LogP contribution in [0.15, 0.2) is 0 Å². The highest BCUT2D eigenvalue weighted by molar-refractivity contribution is 7.99. The summed E-state index contributed by atoms with van der Waals surface area (Å²) in [5.41, 5.74) is 0. The number of hydrogen-bond acceptors (Lipinski definition) is 3. The molecule has 1 heterocycles. The minimum absolute atomic E-state index is 0.295. The standard InChI is InChI=1S/C11H16N2O3S/c1-2-7-17-8-5-12-11(16)13-6-3-4-9(13)10(14)15/h1,9H,3-8H2,(H,12,16)(H,14,15). The van der Waals surface area contributed by atoms with Crippen LogP contribution in [-0.4, -0.2) is 52.6 Å². The molecule has 0 saturated carbocycles. The van der Waals surface area contributed by atoms with E-state index in [4.69, 9.17) is 11.5 Å². The molecule has 1 saturated heterocycles. The Morgan fingerprint density at radius 1 is 1.59 bits per heavy atom. The fourth-order valence-corrected chi connectivity index (χ4v) is 2.24. The molecular formula is C11H16N2O3S. The van der Waals surface area contributed by atoms with Gasteiger partial charge in [0.25, 0.3) is 0 Å². The summed E-state index contributed by atoms with van der Waals surface area (Å²) in [6.45, 7) is 1.02. The zero-order valence-corrected chi connectivity index (χ0v) is 10.3. The van der Waals surface area contributed by atoms with Crippen molar-refractivity contribution < 1.29 is 14.7 Å². The Morgan fingerprint density at radius 3 is 3.00 bits per heavy atom. The maximum Gasteiger partial charge on any atom is 0.326 e. The summed E-state index contributed by atoms with van der Waals surface area (Å²) in [5, 5.41) is 11.6. The van der Waals surface area contributed by atoms with Gasteiger partial charge in [-0.2, -0.15) is 0 Å². The molecule has 5 nitrogen and oxygen atoms in total. The second kappa shape index (κ2) is 7.07. The quantitative estimate of drug-likeness (QED) is 0.558. The molecule has 0 aromatic heterocycles. The van der Waals surface area contributed by atoms with Crippen molar-refractivity contribution in [2.75, 3.05) is 24.6 Å². The Hall–Kier alpha value is -1.35. The molecule has 1 atom stereocenters. The van der Waals surface area contributed by atoms with Crippen LogP contribution >= 0.6 is 11.8 Å². The van der Waals surface area contributed by atoms with Crippen molar-refractivity contribution >= 4 is 23.8 Å². The minimum atomic E-state index is -0.931. The van der Waals surface area contributed by atoms with Gasteiger partial charge in [0.1, 0.15) is 6.04 Å². The number of carbonyl (C=O) groups excluding carboxylic acids is 1. The summed E-state index contributed by atoms with van der Waals surface area (Å²) in [5.74, 6) is 2.92. The third-order valence-corrected chi connectivity index (χ3v) is 3.37. The molecule has 0 aromatic carbocycles. The number of carboxylic acids is 1. The molecule has 6 heteroatoms. The van der Waals surface area contributed by atoms with E-state index in [1.807, 2.05) is 0 Å². The molecule has 1 fully saturated rings. The number of thioether (sulfide) groups is 1. The molecule has 94 valence electrons. The second-order valence-corrected chi connectivity index (χ2v) is 4.78. The molecule has 0 bridgehead atoms. The van der Waals surface area contributed by atoms with Gasteiger partial charge in [-0.25, -0.2) is 9.59 Å². The fourth-order valence-electron chi connectivity index (χ4n) is 1.73. The number of nitrogens with one attached hydrogen (secondary N) is 1. The minimum Gasteiger partial charge on any atom is -0.480 e. The topological polar surface area (TPSA) is 69.6 Å². The lowest BCUT2D eigenvalue weighted by Gasteiger charge is -2.21. The highest BCUT2D eigenvalue weighted by Gasteiger charge is 2.33. The van der Waals surface area contributed by atoms with Crippen molar-refractivity contribution in [2.45, 2.75) is 18.9 Å².